The molecule has 56 valence electrons. The fourth-order valence-corrected chi connectivity index (χ4v) is 1.33. The molecule has 0 saturated carbocycles. The van der Waals surface area contributed by atoms with Gasteiger partial charge in [0.25, 0.3) is 0 Å². The average molecular weight is 162 g/mol. The molecule has 0 atom stereocenters. The molecule has 0 nitrogen and oxygen atoms in total. The molecule has 1 rings (SSSR count). The van der Waals surface area contributed by atoms with Crippen LogP contribution >= 0.6 is 11.8 Å². The average Bonchev–Trinajstić information content (AvgIpc) is 2.07. The van der Waals surface area contributed by atoms with Gasteiger partial charge in [0.1, 0.15) is 0 Å². The van der Waals surface area contributed by atoms with E-state index < -0.39 is 0 Å². The summed E-state index contributed by atoms with van der Waals surface area (Å²) in [5.41, 5.74) is 0. The fourth-order valence-electron chi connectivity index (χ4n) is 0.672. The van der Waals surface area contributed by atoms with Crippen LogP contribution in [0.5, 0.6) is 0 Å². The molecule has 0 unspecified atom stereocenters. The maximum atomic E-state index is 3.59. The molecule has 0 bridgehead atoms. The summed E-state index contributed by atoms with van der Waals surface area (Å²) in [6.45, 7) is 3.59. The Kier molecular flexibility index (Phi) is 3.56. The van der Waals surface area contributed by atoms with E-state index in [1.54, 1.807) is 17.8 Å². The van der Waals surface area contributed by atoms with Gasteiger partial charge in [-0.25, -0.2) is 0 Å². The van der Waals surface area contributed by atoms with Gasteiger partial charge in [0.2, 0.25) is 0 Å². The summed E-state index contributed by atoms with van der Waals surface area (Å²) >= 11 is 1.69. The minimum Gasteiger partial charge on any atom is -0.0990 e. The monoisotopic (exact) mass is 162 g/mol. The third-order valence-electron chi connectivity index (χ3n) is 1.16. The third-order valence-corrected chi connectivity index (χ3v) is 2.00. The standard InChI is InChI=1S/C10H10S/c1-2-3-9-11-10-7-5-4-6-8-10/h2-9H,1H2/b9-3+. The Hall–Kier alpha value is -0.950. The molecule has 1 aromatic carbocycles. The Morgan fingerprint density at radius 1 is 1.18 bits per heavy atom. The molecule has 0 spiro atoms. The van der Waals surface area contributed by atoms with Gasteiger partial charge in [0.15, 0.2) is 0 Å². The first kappa shape index (κ1) is 8.15. The van der Waals surface area contributed by atoms with Crippen molar-refractivity contribution in [3.63, 3.8) is 0 Å². The summed E-state index contributed by atoms with van der Waals surface area (Å²) in [7, 11) is 0. The lowest BCUT2D eigenvalue weighted by atomic mass is 10.4. The molecule has 0 amide bonds. The van der Waals surface area contributed by atoms with Crippen LogP contribution in [-0.2, 0) is 0 Å². The first-order valence-corrected chi connectivity index (χ1v) is 4.31. The van der Waals surface area contributed by atoms with Crippen molar-refractivity contribution in [3.8, 4) is 0 Å². The molecule has 0 fully saturated rings. The highest BCUT2D eigenvalue weighted by Crippen LogP contribution is 2.17. The number of rotatable bonds is 3. The smallest absolute Gasteiger partial charge is 0.0116 e. The highest BCUT2D eigenvalue weighted by molar-refractivity contribution is 8.02. The third kappa shape index (κ3) is 3.10. The summed E-state index contributed by atoms with van der Waals surface area (Å²) in [6.07, 6.45) is 3.70. The summed E-state index contributed by atoms with van der Waals surface area (Å²) in [5.74, 6) is 0. The van der Waals surface area contributed by atoms with Gasteiger partial charge in [0, 0.05) is 4.90 Å². The zero-order chi connectivity index (χ0) is 7.94. The van der Waals surface area contributed by atoms with Crippen molar-refractivity contribution in [2.45, 2.75) is 4.90 Å². The molecular weight excluding hydrogens is 152 g/mol. The predicted octanol–water partition coefficient (Wildman–Crippen LogP) is 3.48. The lowest BCUT2D eigenvalue weighted by Crippen LogP contribution is -1.63. The maximum absolute atomic E-state index is 3.59. The zero-order valence-corrected chi connectivity index (χ0v) is 7.05. The Labute approximate surface area is 71.6 Å². The van der Waals surface area contributed by atoms with Crippen molar-refractivity contribution in [2.75, 3.05) is 0 Å². The Bertz CT molecular complexity index is 236. The van der Waals surface area contributed by atoms with Crippen LogP contribution in [0.3, 0.4) is 0 Å². The fraction of sp³-hybridized carbons (Fsp3) is 0. The molecule has 0 aliphatic rings. The second kappa shape index (κ2) is 4.80. The zero-order valence-electron chi connectivity index (χ0n) is 6.23. The molecule has 0 saturated heterocycles. The van der Waals surface area contributed by atoms with Crippen molar-refractivity contribution in [1.82, 2.24) is 0 Å². The molecular formula is C10H10S. The van der Waals surface area contributed by atoms with Gasteiger partial charge < -0.3 is 0 Å². The second-order valence-corrected chi connectivity index (χ2v) is 2.97. The minimum absolute atomic E-state index is 1.26. The SMILES string of the molecule is C=C/C=C/Sc1ccccc1. The number of thioether (sulfide) groups is 1. The number of hydrogen-bond donors (Lipinski definition) is 0. The predicted molar refractivity (Wildman–Crippen MR) is 51.6 cm³/mol. The van der Waals surface area contributed by atoms with Crippen LogP contribution < -0.4 is 0 Å². The summed E-state index contributed by atoms with van der Waals surface area (Å²) < 4.78 is 0. The molecule has 1 heteroatoms. The van der Waals surface area contributed by atoms with E-state index in [0.29, 0.717) is 0 Å². The quantitative estimate of drug-likeness (QED) is 0.484. The van der Waals surface area contributed by atoms with Gasteiger partial charge in [-0.15, -0.1) is 0 Å². The van der Waals surface area contributed by atoms with Crippen LogP contribution in [0.15, 0.2) is 59.4 Å². The molecule has 0 heterocycles. The second-order valence-electron chi connectivity index (χ2n) is 2.00. The van der Waals surface area contributed by atoms with E-state index in [1.165, 1.54) is 4.90 Å². The molecule has 0 radical (unpaired) electrons. The Morgan fingerprint density at radius 3 is 2.55 bits per heavy atom. The highest BCUT2D eigenvalue weighted by Gasteiger charge is 1.83. The summed E-state index contributed by atoms with van der Waals surface area (Å²) in [4.78, 5) is 1.26. The van der Waals surface area contributed by atoms with E-state index in [0.717, 1.165) is 0 Å². The number of allylic oxidation sites excluding steroid dienone is 2. The van der Waals surface area contributed by atoms with E-state index in [-0.39, 0.29) is 0 Å². The van der Waals surface area contributed by atoms with Crippen LogP contribution in [0.4, 0.5) is 0 Å². The highest BCUT2D eigenvalue weighted by atomic mass is 32.2. The van der Waals surface area contributed by atoms with Crippen LogP contribution in [0.2, 0.25) is 0 Å². The minimum atomic E-state index is 1.26. The maximum Gasteiger partial charge on any atom is 0.0116 e. The van der Waals surface area contributed by atoms with E-state index in [1.807, 2.05) is 29.7 Å². The van der Waals surface area contributed by atoms with E-state index in [4.69, 9.17) is 0 Å². The van der Waals surface area contributed by atoms with Crippen molar-refractivity contribution >= 4 is 11.8 Å². The van der Waals surface area contributed by atoms with Gasteiger partial charge in [-0.3, -0.25) is 0 Å². The number of benzene rings is 1. The lowest BCUT2D eigenvalue weighted by Gasteiger charge is -1.91. The van der Waals surface area contributed by atoms with Gasteiger partial charge >= 0.3 is 0 Å². The number of hydrogen-bond acceptors (Lipinski definition) is 1. The van der Waals surface area contributed by atoms with E-state index in [2.05, 4.69) is 18.7 Å². The Morgan fingerprint density at radius 2 is 1.91 bits per heavy atom. The summed E-state index contributed by atoms with van der Waals surface area (Å²) in [6, 6.07) is 10.2. The van der Waals surface area contributed by atoms with Gasteiger partial charge in [-0.2, -0.15) is 0 Å². The van der Waals surface area contributed by atoms with Crippen LogP contribution in [0.25, 0.3) is 0 Å². The first-order chi connectivity index (χ1) is 5.43. The van der Waals surface area contributed by atoms with Crippen LogP contribution in [-0.4, -0.2) is 0 Å². The Balaban J connectivity index is 2.51. The van der Waals surface area contributed by atoms with E-state index >= 15 is 0 Å². The van der Waals surface area contributed by atoms with E-state index in [9.17, 15) is 0 Å². The van der Waals surface area contributed by atoms with Gasteiger partial charge in [0.05, 0.1) is 0 Å². The van der Waals surface area contributed by atoms with Crippen LogP contribution in [0.1, 0.15) is 0 Å². The van der Waals surface area contributed by atoms with Gasteiger partial charge in [-0.05, 0) is 17.5 Å². The molecule has 1 aromatic rings. The van der Waals surface area contributed by atoms with Crippen molar-refractivity contribution in [3.05, 3.63) is 54.5 Å². The normalized spacial score (nSPS) is 10.2. The van der Waals surface area contributed by atoms with Crippen molar-refractivity contribution in [1.29, 1.82) is 0 Å². The van der Waals surface area contributed by atoms with Gasteiger partial charge in [-0.1, -0.05) is 48.7 Å². The topological polar surface area (TPSA) is 0 Å². The largest absolute Gasteiger partial charge is 0.0990 e. The molecule has 0 N–H and O–H groups in total. The summed E-state index contributed by atoms with van der Waals surface area (Å²) in [5, 5.41) is 2.02. The molecule has 0 aliphatic carbocycles. The lowest BCUT2D eigenvalue weighted by molar-refractivity contribution is 1.47. The molecule has 11 heavy (non-hydrogen) atoms. The van der Waals surface area contributed by atoms with Crippen LogP contribution in [0, 0.1) is 0 Å². The van der Waals surface area contributed by atoms with Crippen molar-refractivity contribution < 1.29 is 0 Å². The molecule has 0 aromatic heterocycles. The molecule has 0 aliphatic heterocycles. The van der Waals surface area contributed by atoms with Crippen molar-refractivity contribution in [2.24, 2.45) is 0 Å². The first-order valence-electron chi connectivity index (χ1n) is 3.43.